The Balaban J connectivity index is 1.36. The number of aryl methyl sites for hydroxylation is 1. The van der Waals surface area contributed by atoms with Crippen LogP contribution in [0.2, 0.25) is 0 Å². The van der Waals surface area contributed by atoms with Gasteiger partial charge >= 0.3 is 0 Å². The van der Waals surface area contributed by atoms with E-state index in [-0.39, 0.29) is 0 Å². The van der Waals surface area contributed by atoms with Crippen molar-refractivity contribution >= 4 is 28.5 Å². The third-order valence-electron chi connectivity index (χ3n) is 6.43. The molecule has 0 spiro atoms. The van der Waals surface area contributed by atoms with Gasteiger partial charge in [-0.15, -0.1) is 0 Å². The normalized spacial score (nSPS) is 18.9. The van der Waals surface area contributed by atoms with Gasteiger partial charge in [0.1, 0.15) is 5.82 Å². The van der Waals surface area contributed by atoms with Crippen LogP contribution in [0.25, 0.3) is 11.2 Å². The van der Waals surface area contributed by atoms with E-state index < -0.39 is 0 Å². The first-order valence-electron chi connectivity index (χ1n) is 11.1. The van der Waals surface area contributed by atoms with Crippen LogP contribution in [0.1, 0.15) is 43.0 Å². The van der Waals surface area contributed by atoms with Gasteiger partial charge in [0.2, 0.25) is 0 Å². The molecule has 31 heavy (non-hydrogen) atoms. The highest BCUT2D eigenvalue weighted by atomic mass is 15.3. The van der Waals surface area contributed by atoms with Gasteiger partial charge in [0.05, 0.1) is 23.6 Å². The lowest BCUT2D eigenvalue weighted by molar-refractivity contribution is 0.469. The number of fused-ring (bicyclic) bond motifs is 2. The summed E-state index contributed by atoms with van der Waals surface area (Å²) in [4.78, 5) is 18.9. The summed E-state index contributed by atoms with van der Waals surface area (Å²) in [7, 11) is 0. The Bertz CT molecular complexity index is 1200. The Hall–Kier alpha value is -3.48. The lowest BCUT2D eigenvalue weighted by Crippen LogP contribution is -2.34. The molecule has 6 rings (SSSR count). The van der Waals surface area contributed by atoms with Crippen molar-refractivity contribution in [3.05, 3.63) is 66.1 Å². The minimum Gasteiger partial charge on any atom is -0.348 e. The molecule has 0 amide bonds. The summed E-state index contributed by atoms with van der Waals surface area (Å²) < 4.78 is 0. The number of aromatic nitrogens is 5. The molecule has 1 unspecified atom stereocenters. The first-order valence-corrected chi connectivity index (χ1v) is 11.1. The van der Waals surface area contributed by atoms with Crippen LogP contribution in [0.3, 0.4) is 0 Å². The number of piperidine rings is 1. The third-order valence-corrected chi connectivity index (χ3v) is 6.43. The predicted molar refractivity (Wildman–Crippen MR) is 122 cm³/mol. The molecule has 3 aromatic heterocycles. The maximum atomic E-state index is 4.95. The summed E-state index contributed by atoms with van der Waals surface area (Å²) in [6.45, 7) is 1.90. The first kappa shape index (κ1) is 18.3. The number of hydrogen-bond acceptors (Lipinski definition) is 6. The standard InChI is InChI=1S/C24H25N7/c1-2-8-17(9-3-1)19-11-4-5-14-30(19)21-16-26-22-23(27-21)28-29-24(22)31-15-7-10-18-20(31)12-6-13-25-18/h1-3,6,8-9,12-13,16,19H,4-5,7,10-11,14-15H2,(H,27,28,29). The molecular weight excluding hydrogens is 386 g/mol. The molecule has 0 aliphatic carbocycles. The summed E-state index contributed by atoms with van der Waals surface area (Å²) in [5.74, 6) is 1.75. The molecule has 4 aromatic rings. The first-order chi connectivity index (χ1) is 15.4. The lowest BCUT2D eigenvalue weighted by atomic mass is 9.95. The van der Waals surface area contributed by atoms with Crippen LogP contribution in [0, 0.1) is 0 Å². The Labute approximate surface area is 181 Å². The average molecular weight is 412 g/mol. The predicted octanol–water partition coefficient (Wildman–Crippen LogP) is 4.56. The largest absolute Gasteiger partial charge is 0.348 e. The smallest absolute Gasteiger partial charge is 0.183 e. The van der Waals surface area contributed by atoms with Crippen LogP contribution >= 0.6 is 0 Å². The molecule has 2 aliphatic rings. The summed E-state index contributed by atoms with van der Waals surface area (Å²) in [5, 5.41) is 7.75. The Kier molecular flexibility index (Phi) is 4.52. The Morgan fingerprint density at radius 3 is 2.81 bits per heavy atom. The topological polar surface area (TPSA) is 73.8 Å². The summed E-state index contributed by atoms with van der Waals surface area (Å²) in [6.07, 6.45) is 9.37. The van der Waals surface area contributed by atoms with Gasteiger partial charge < -0.3 is 9.80 Å². The maximum absolute atomic E-state index is 4.95. The van der Waals surface area contributed by atoms with Crippen molar-refractivity contribution in [3.63, 3.8) is 0 Å². The molecule has 2 aliphatic heterocycles. The van der Waals surface area contributed by atoms with Crippen LogP contribution in [-0.2, 0) is 6.42 Å². The zero-order valence-corrected chi connectivity index (χ0v) is 17.4. The number of anilines is 3. The molecule has 1 saturated heterocycles. The number of rotatable bonds is 3. The number of pyridine rings is 1. The summed E-state index contributed by atoms with van der Waals surface area (Å²) >= 11 is 0. The van der Waals surface area contributed by atoms with Gasteiger partial charge in [0.25, 0.3) is 0 Å². The van der Waals surface area contributed by atoms with Crippen molar-refractivity contribution in [2.24, 2.45) is 0 Å². The molecule has 7 heteroatoms. The van der Waals surface area contributed by atoms with Gasteiger partial charge in [0, 0.05) is 19.3 Å². The molecule has 156 valence electrons. The fraction of sp³-hybridized carbons (Fsp3) is 0.333. The Morgan fingerprint density at radius 2 is 1.87 bits per heavy atom. The van der Waals surface area contributed by atoms with E-state index in [2.05, 4.69) is 61.4 Å². The van der Waals surface area contributed by atoms with Gasteiger partial charge in [-0.1, -0.05) is 30.3 Å². The third kappa shape index (κ3) is 3.21. The SMILES string of the molecule is c1ccc(C2CCCCN2c2cnc3c(N4CCCc5ncccc54)n[nH]c3n2)cc1. The van der Waals surface area contributed by atoms with E-state index >= 15 is 0 Å². The minimum atomic E-state index is 0.337. The van der Waals surface area contributed by atoms with Crippen molar-refractivity contribution in [2.45, 2.75) is 38.1 Å². The van der Waals surface area contributed by atoms with Crippen LogP contribution in [0.5, 0.6) is 0 Å². The van der Waals surface area contributed by atoms with E-state index in [0.29, 0.717) is 6.04 Å². The van der Waals surface area contributed by atoms with Gasteiger partial charge in [-0.2, -0.15) is 5.10 Å². The van der Waals surface area contributed by atoms with Gasteiger partial charge in [0.15, 0.2) is 17.0 Å². The zero-order chi connectivity index (χ0) is 20.6. The van der Waals surface area contributed by atoms with E-state index in [1.807, 2.05) is 18.5 Å². The lowest BCUT2D eigenvalue weighted by Gasteiger charge is -2.36. The second kappa shape index (κ2) is 7.65. The van der Waals surface area contributed by atoms with E-state index in [1.54, 1.807) is 0 Å². The molecule has 0 radical (unpaired) electrons. The molecular formula is C24H25N7. The molecule has 1 aromatic carbocycles. The number of hydrogen-bond donors (Lipinski definition) is 1. The number of H-pyrrole nitrogens is 1. The fourth-order valence-corrected chi connectivity index (χ4v) is 4.95. The highest BCUT2D eigenvalue weighted by molar-refractivity contribution is 5.87. The summed E-state index contributed by atoms with van der Waals surface area (Å²) in [5.41, 5.74) is 5.13. The number of benzene rings is 1. The van der Waals surface area contributed by atoms with Crippen molar-refractivity contribution in [1.82, 2.24) is 25.1 Å². The van der Waals surface area contributed by atoms with Crippen molar-refractivity contribution in [2.75, 3.05) is 22.9 Å². The highest BCUT2D eigenvalue weighted by Crippen LogP contribution is 2.37. The molecule has 1 N–H and O–H groups in total. The average Bonchev–Trinajstić information content (AvgIpc) is 3.27. The van der Waals surface area contributed by atoms with Gasteiger partial charge in [-0.25, -0.2) is 9.97 Å². The maximum Gasteiger partial charge on any atom is 0.183 e. The minimum absolute atomic E-state index is 0.337. The quantitative estimate of drug-likeness (QED) is 0.533. The van der Waals surface area contributed by atoms with E-state index in [1.165, 1.54) is 18.4 Å². The molecule has 5 heterocycles. The Morgan fingerprint density at radius 1 is 0.935 bits per heavy atom. The van der Waals surface area contributed by atoms with Crippen LogP contribution in [-0.4, -0.2) is 38.2 Å². The van der Waals surface area contributed by atoms with Gasteiger partial charge in [-0.3, -0.25) is 10.1 Å². The van der Waals surface area contributed by atoms with E-state index in [4.69, 9.17) is 9.97 Å². The number of aromatic amines is 1. The van der Waals surface area contributed by atoms with Gasteiger partial charge in [-0.05, 0) is 49.8 Å². The second-order valence-corrected chi connectivity index (χ2v) is 8.31. The molecule has 0 bridgehead atoms. The van der Waals surface area contributed by atoms with Crippen LogP contribution in [0.4, 0.5) is 17.3 Å². The second-order valence-electron chi connectivity index (χ2n) is 8.31. The number of nitrogens with one attached hydrogen (secondary N) is 1. The van der Waals surface area contributed by atoms with Crippen LogP contribution in [0.15, 0.2) is 54.9 Å². The number of nitrogens with zero attached hydrogens (tertiary/aromatic N) is 6. The van der Waals surface area contributed by atoms with Crippen LogP contribution < -0.4 is 9.80 Å². The zero-order valence-electron chi connectivity index (χ0n) is 17.4. The fourth-order valence-electron chi connectivity index (χ4n) is 4.95. The van der Waals surface area contributed by atoms with E-state index in [0.717, 1.165) is 66.5 Å². The monoisotopic (exact) mass is 411 g/mol. The summed E-state index contributed by atoms with van der Waals surface area (Å²) in [6, 6.07) is 15.2. The molecule has 1 atom stereocenters. The van der Waals surface area contributed by atoms with Crippen molar-refractivity contribution < 1.29 is 0 Å². The van der Waals surface area contributed by atoms with Crippen molar-refractivity contribution in [3.8, 4) is 0 Å². The van der Waals surface area contributed by atoms with Crippen molar-refractivity contribution in [1.29, 1.82) is 0 Å². The van der Waals surface area contributed by atoms with E-state index in [9.17, 15) is 0 Å². The highest BCUT2D eigenvalue weighted by Gasteiger charge is 2.27. The molecule has 7 nitrogen and oxygen atoms in total. The molecule has 0 saturated carbocycles. The molecule has 1 fully saturated rings.